The van der Waals surface area contributed by atoms with Crippen LogP contribution in [-0.2, 0) is 0 Å². The highest BCUT2D eigenvalue weighted by molar-refractivity contribution is 5.85. The summed E-state index contributed by atoms with van der Waals surface area (Å²) in [6, 6.07) is 7.06. The van der Waals surface area contributed by atoms with Gasteiger partial charge >= 0.3 is 0 Å². The molecule has 0 heterocycles. The van der Waals surface area contributed by atoms with E-state index in [-0.39, 0.29) is 11.9 Å². The lowest BCUT2D eigenvalue weighted by Crippen LogP contribution is -2.27. The van der Waals surface area contributed by atoms with Crippen LogP contribution >= 0.6 is 0 Å². The largest absolute Gasteiger partial charge is 0.367 e. The van der Waals surface area contributed by atoms with E-state index in [4.69, 9.17) is 21.9 Å². The van der Waals surface area contributed by atoms with Crippen molar-refractivity contribution in [2.75, 3.05) is 0 Å². The Bertz CT molecular complexity index is 486. The highest BCUT2D eigenvalue weighted by Crippen LogP contribution is 2.00. The van der Waals surface area contributed by atoms with Gasteiger partial charge in [0.05, 0.1) is 12.4 Å². The van der Waals surface area contributed by atoms with Gasteiger partial charge < -0.3 is 11.5 Å². The quantitative estimate of drug-likeness (QED) is 0.233. The Morgan fingerprint density at radius 2 is 1.20 bits per heavy atom. The normalized spacial score (nSPS) is 13.1. The van der Waals surface area contributed by atoms with Crippen molar-refractivity contribution in [3.8, 4) is 0 Å². The lowest BCUT2D eigenvalue weighted by molar-refractivity contribution is 0.232. The van der Waals surface area contributed by atoms with Crippen LogP contribution < -0.4 is 22.4 Å². The molecule has 1 aromatic carbocycles. The zero-order valence-corrected chi connectivity index (χ0v) is 10.3. The Morgan fingerprint density at radius 3 is 1.50 bits per heavy atom. The van der Waals surface area contributed by atoms with Crippen LogP contribution in [0.4, 0.5) is 0 Å². The molecule has 10 heteroatoms. The van der Waals surface area contributed by atoms with Crippen LogP contribution in [0.2, 0.25) is 0 Å². The third kappa shape index (κ3) is 5.57. The molecule has 8 N–H and O–H groups in total. The van der Waals surface area contributed by atoms with Crippen molar-refractivity contribution in [2.45, 2.75) is 0 Å². The topological polar surface area (TPSA) is 166 Å². The van der Waals surface area contributed by atoms with Crippen LogP contribution in [-0.4, -0.2) is 34.8 Å². The van der Waals surface area contributed by atoms with Gasteiger partial charge in [-0.2, -0.15) is 10.2 Å². The zero-order valence-electron chi connectivity index (χ0n) is 10.3. The van der Waals surface area contributed by atoms with Crippen molar-refractivity contribution in [3.63, 3.8) is 0 Å². The summed E-state index contributed by atoms with van der Waals surface area (Å²) < 4.78 is 0. The number of hydrogen-bond donors (Lipinski definition) is 6. The molecule has 0 saturated carbocycles. The third-order valence-corrected chi connectivity index (χ3v) is 1.91. The van der Waals surface area contributed by atoms with Gasteiger partial charge in [0.25, 0.3) is 0 Å². The monoisotopic (exact) mass is 278 g/mol. The maximum atomic E-state index is 8.37. The molecule has 0 unspecified atom stereocenters. The summed E-state index contributed by atoms with van der Waals surface area (Å²) in [4.78, 5) is 0. The van der Waals surface area contributed by atoms with Crippen LogP contribution in [0.25, 0.3) is 0 Å². The van der Waals surface area contributed by atoms with E-state index in [9.17, 15) is 0 Å². The Morgan fingerprint density at radius 1 is 0.850 bits per heavy atom. The van der Waals surface area contributed by atoms with Crippen molar-refractivity contribution in [1.29, 1.82) is 0 Å². The Kier molecular flexibility index (Phi) is 6.17. The van der Waals surface area contributed by atoms with E-state index in [0.29, 0.717) is 0 Å². The molecule has 1 rings (SSSR count). The van der Waals surface area contributed by atoms with E-state index in [0.717, 1.165) is 11.1 Å². The summed E-state index contributed by atoms with van der Waals surface area (Å²) in [6.07, 6.45) is 2.91. The number of rotatable bonds is 4. The van der Waals surface area contributed by atoms with Gasteiger partial charge in [0.2, 0.25) is 11.9 Å². The van der Waals surface area contributed by atoms with Gasteiger partial charge in [-0.3, -0.25) is 10.4 Å². The molecular formula is C10H14N8O2. The van der Waals surface area contributed by atoms with E-state index >= 15 is 0 Å². The molecule has 0 bridgehead atoms. The molecule has 0 atom stereocenters. The van der Waals surface area contributed by atoms with Crippen molar-refractivity contribution < 1.29 is 10.4 Å². The molecule has 0 aromatic heterocycles. The fraction of sp³-hybridized carbons (Fsp3) is 0. The van der Waals surface area contributed by atoms with E-state index in [1.807, 2.05) is 0 Å². The summed E-state index contributed by atoms with van der Waals surface area (Å²) in [5.41, 5.74) is 15.2. The maximum absolute atomic E-state index is 8.37. The van der Waals surface area contributed by atoms with E-state index < -0.39 is 0 Å². The minimum Gasteiger partial charge on any atom is -0.367 e. The van der Waals surface area contributed by atoms with Gasteiger partial charge in [0, 0.05) is 0 Å². The first-order valence-corrected chi connectivity index (χ1v) is 5.29. The average Bonchev–Trinajstić information content (AvgIpc) is 2.48. The molecule has 0 spiro atoms. The lowest BCUT2D eigenvalue weighted by atomic mass is 10.2. The smallest absolute Gasteiger partial charge is 0.237 e. The number of guanidine groups is 2. The first kappa shape index (κ1) is 15.1. The lowest BCUT2D eigenvalue weighted by Gasteiger charge is -1.95. The standard InChI is InChI=1S/C10H14N8O2/c11-9(17-19)15-13-5-7-1-2-8(4-3-7)6-14-16-10(12)18-20/h1-6,19-20H,(H3,11,15,17)(H3,12,16,18). The zero-order chi connectivity index (χ0) is 14.8. The summed E-state index contributed by atoms with van der Waals surface area (Å²) in [5, 5.41) is 30.9. The average molecular weight is 278 g/mol. The molecule has 0 amide bonds. The predicted octanol–water partition coefficient (Wildman–Crippen LogP) is -1.06. The molecule has 0 saturated heterocycles. The Balaban J connectivity index is 2.65. The van der Waals surface area contributed by atoms with Crippen LogP contribution in [0.3, 0.4) is 0 Å². The van der Waals surface area contributed by atoms with Crippen LogP contribution in [0.15, 0.2) is 44.7 Å². The van der Waals surface area contributed by atoms with Gasteiger partial charge in [0.15, 0.2) is 0 Å². The maximum Gasteiger partial charge on any atom is 0.237 e. The predicted molar refractivity (Wildman–Crippen MR) is 74.7 cm³/mol. The number of hydrogen-bond acceptors (Lipinski definition) is 6. The molecule has 20 heavy (non-hydrogen) atoms. The molecule has 0 aliphatic heterocycles. The Labute approximate surface area is 114 Å². The third-order valence-electron chi connectivity index (χ3n) is 1.91. The highest BCUT2D eigenvalue weighted by atomic mass is 16.5. The summed E-state index contributed by atoms with van der Waals surface area (Å²) in [7, 11) is 0. The summed E-state index contributed by atoms with van der Waals surface area (Å²) >= 11 is 0. The van der Waals surface area contributed by atoms with Gasteiger partial charge in [-0.1, -0.05) is 24.3 Å². The second kappa shape index (κ2) is 8.18. The van der Waals surface area contributed by atoms with Gasteiger partial charge in [0.1, 0.15) is 0 Å². The molecule has 0 radical (unpaired) electrons. The number of nitrogens with zero attached hydrogens (tertiary/aromatic N) is 4. The van der Waals surface area contributed by atoms with Crippen LogP contribution in [0.1, 0.15) is 11.1 Å². The number of hydroxylamine groups is 2. The van der Waals surface area contributed by atoms with Gasteiger partial charge in [-0.15, -0.1) is 10.2 Å². The van der Waals surface area contributed by atoms with Crippen molar-refractivity contribution in [3.05, 3.63) is 35.4 Å². The molecule has 0 aliphatic rings. The van der Waals surface area contributed by atoms with E-state index in [2.05, 4.69) is 20.4 Å². The minimum absolute atomic E-state index is 0.210. The number of benzene rings is 1. The van der Waals surface area contributed by atoms with Crippen molar-refractivity contribution in [1.82, 2.24) is 11.0 Å². The molecule has 10 nitrogen and oxygen atoms in total. The number of nitrogens with one attached hydrogen (secondary N) is 2. The van der Waals surface area contributed by atoms with Gasteiger partial charge in [-0.05, 0) is 11.1 Å². The first-order chi connectivity index (χ1) is 9.65. The molecule has 1 aromatic rings. The Hall–Kier alpha value is -2.98. The summed E-state index contributed by atoms with van der Waals surface area (Å²) in [5.74, 6) is -0.420. The first-order valence-electron chi connectivity index (χ1n) is 5.29. The van der Waals surface area contributed by atoms with E-state index in [1.165, 1.54) is 12.4 Å². The molecular weight excluding hydrogens is 264 g/mol. The fourth-order valence-corrected chi connectivity index (χ4v) is 1.03. The van der Waals surface area contributed by atoms with Crippen LogP contribution in [0.5, 0.6) is 0 Å². The SMILES string of the molecule is NC(=NN=Cc1ccc(C=NN=C(N)NO)cc1)NO. The highest BCUT2D eigenvalue weighted by Gasteiger charge is 1.90. The van der Waals surface area contributed by atoms with Crippen molar-refractivity contribution in [2.24, 2.45) is 31.9 Å². The summed E-state index contributed by atoms with van der Waals surface area (Å²) in [6.45, 7) is 0. The molecule has 0 fully saturated rings. The molecule has 0 aliphatic carbocycles. The molecule has 106 valence electrons. The second-order valence-corrected chi connectivity index (χ2v) is 3.35. The van der Waals surface area contributed by atoms with Gasteiger partial charge in [-0.25, -0.2) is 11.0 Å². The fourth-order valence-electron chi connectivity index (χ4n) is 1.03. The van der Waals surface area contributed by atoms with Crippen molar-refractivity contribution >= 4 is 24.3 Å². The van der Waals surface area contributed by atoms with Crippen LogP contribution in [0, 0.1) is 0 Å². The number of nitrogens with two attached hydrogens (primary N) is 2. The second-order valence-electron chi connectivity index (χ2n) is 3.35. The minimum atomic E-state index is -0.210. The van der Waals surface area contributed by atoms with E-state index in [1.54, 1.807) is 35.2 Å².